The van der Waals surface area contributed by atoms with E-state index in [1.165, 1.54) is 6.26 Å². The Hall–Kier alpha value is -2.71. The number of hydrogen-bond acceptors (Lipinski definition) is 6. The predicted octanol–water partition coefficient (Wildman–Crippen LogP) is 3.25. The number of fused-ring (bicyclic) bond motifs is 1. The first-order valence-electron chi connectivity index (χ1n) is 10.4. The zero-order valence-electron chi connectivity index (χ0n) is 18.0. The molecule has 7 nitrogen and oxygen atoms in total. The largest absolute Gasteiger partial charge is 0.489 e. The van der Waals surface area contributed by atoms with E-state index in [4.69, 9.17) is 4.74 Å². The van der Waals surface area contributed by atoms with Crippen LogP contribution in [0.5, 0.6) is 5.75 Å². The molecule has 1 fully saturated rings. The lowest BCUT2D eigenvalue weighted by atomic mass is 10.0. The summed E-state index contributed by atoms with van der Waals surface area (Å²) in [5.74, 6) is 1.65. The fraction of sp³-hybridized carbons (Fsp3) is 0.391. The van der Waals surface area contributed by atoms with Gasteiger partial charge in [0.1, 0.15) is 23.5 Å². The molecule has 0 saturated carbocycles. The third kappa shape index (κ3) is 4.65. The van der Waals surface area contributed by atoms with Gasteiger partial charge in [0, 0.05) is 30.9 Å². The molecule has 0 N–H and O–H groups in total. The number of carbonyl (C=O) groups is 1. The number of carbonyl (C=O) groups excluding carboxylic acids is 1. The van der Waals surface area contributed by atoms with E-state index < -0.39 is 9.84 Å². The van der Waals surface area contributed by atoms with Crippen molar-refractivity contribution in [1.29, 1.82) is 0 Å². The van der Waals surface area contributed by atoms with Crippen molar-refractivity contribution < 1.29 is 17.9 Å². The minimum absolute atomic E-state index is 0.0354. The molecule has 1 saturated heterocycles. The summed E-state index contributed by atoms with van der Waals surface area (Å²) in [5.41, 5.74) is 0.889. The second-order valence-electron chi connectivity index (χ2n) is 8.17. The summed E-state index contributed by atoms with van der Waals surface area (Å²) in [6, 6.07) is 10.7. The molecule has 1 aliphatic heterocycles. The maximum atomic E-state index is 11.8. The molecule has 4 rings (SSSR count). The highest BCUT2D eigenvalue weighted by Gasteiger charge is 2.25. The molecular weight excluding hydrogens is 414 g/mol. The summed E-state index contributed by atoms with van der Waals surface area (Å²) >= 11 is 0. The Balaban J connectivity index is 1.44. The van der Waals surface area contributed by atoms with Gasteiger partial charge in [0.05, 0.1) is 22.7 Å². The van der Waals surface area contributed by atoms with Crippen LogP contribution in [0.1, 0.15) is 26.7 Å². The van der Waals surface area contributed by atoms with Crippen LogP contribution >= 0.6 is 0 Å². The first-order valence-corrected chi connectivity index (χ1v) is 12.3. The van der Waals surface area contributed by atoms with Crippen LogP contribution in [-0.4, -0.2) is 60.1 Å². The molecule has 164 valence electrons. The zero-order valence-corrected chi connectivity index (χ0v) is 18.8. The molecular formula is C23H27N3O4S. The van der Waals surface area contributed by atoms with Crippen molar-refractivity contribution in [3.63, 3.8) is 0 Å². The van der Waals surface area contributed by atoms with Crippen LogP contribution in [-0.2, 0) is 14.6 Å². The topological polar surface area (TPSA) is 81.5 Å². The molecule has 0 aliphatic carbocycles. The highest BCUT2D eigenvalue weighted by molar-refractivity contribution is 7.90. The van der Waals surface area contributed by atoms with Crippen LogP contribution in [0.25, 0.3) is 16.7 Å². The van der Waals surface area contributed by atoms with E-state index in [-0.39, 0.29) is 17.9 Å². The SMILES string of the molecule is CC(=O)C(C)N1CCC(Oc2ccc(-n3ccc4cc(S(C)(=O)=O)ccc43)nc2)CC1. The molecule has 0 spiro atoms. The van der Waals surface area contributed by atoms with Crippen LogP contribution in [0, 0.1) is 0 Å². The van der Waals surface area contributed by atoms with Gasteiger partial charge in [-0.3, -0.25) is 9.69 Å². The van der Waals surface area contributed by atoms with Gasteiger partial charge in [-0.25, -0.2) is 13.4 Å². The number of ketones is 1. The number of aromatic nitrogens is 2. The Bertz CT molecular complexity index is 1190. The number of piperidine rings is 1. The van der Waals surface area contributed by atoms with E-state index in [0.29, 0.717) is 4.90 Å². The highest BCUT2D eigenvalue weighted by atomic mass is 32.2. The standard InChI is InChI=1S/C23H27N3O4S/c1-16(17(2)27)25-11-9-19(10-12-25)30-20-4-7-23(24-15-20)26-13-8-18-14-21(31(3,28)29)5-6-22(18)26/h4-8,13-16,19H,9-12H2,1-3H3. The van der Waals surface area contributed by atoms with Crippen LogP contribution in [0.4, 0.5) is 0 Å². The molecule has 1 aromatic carbocycles. The van der Waals surface area contributed by atoms with Gasteiger partial charge in [-0.1, -0.05) is 0 Å². The molecule has 8 heteroatoms. The smallest absolute Gasteiger partial charge is 0.175 e. The Labute approximate surface area is 182 Å². The number of Topliss-reactive ketones (excluding diaryl/α,β-unsaturated/α-hetero) is 1. The molecule has 3 aromatic rings. The van der Waals surface area contributed by atoms with E-state index >= 15 is 0 Å². The Kier molecular flexibility index (Phi) is 5.85. The fourth-order valence-corrected chi connectivity index (χ4v) is 4.62. The van der Waals surface area contributed by atoms with Gasteiger partial charge in [0.25, 0.3) is 0 Å². The quantitative estimate of drug-likeness (QED) is 0.584. The van der Waals surface area contributed by atoms with E-state index in [9.17, 15) is 13.2 Å². The highest BCUT2D eigenvalue weighted by Crippen LogP contribution is 2.25. The van der Waals surface area contributed by atoms with Gasteiger partial charge in [-0.15, -0.1) is 0 Å². The molecule has 0 bridgehead atoms. The Morgan fingerprint density at radius 2 is 1.90 bits per heavy atom. The number of sulfone groups is 1. The summed E-state index contributed by atoms with van der Waals surface area (Å²) in [6.45, 7) is 5.29. The lowest BCUT2D eigenvalue weighted by Gasteiger charge is -2.34. The zero-order chi connectivity index (χ0) is 22.2. The van der Waals surface area contributed by atoms with Crippen molar-refractivity contribution in [2.45, 2.75) is 43.7 Å². The van der Waals surface area contributed by atoms with E-state index in [2.05, 4.69) is 9.88 Å². The normalized spacial score (nSPS) is 17.0. The Morgan fingerprint density at radius 3 is 2.52 bits per heavy atom. The second kappa shape index (κ2) is 8.43. The third-order valence-electron chi connectivity index (χ3n) is 5.97. The van der Waals surface area contributed by atoms with Gasteiger partial charge in [0.15, 0.2) is 9.84 Å². The maximum absolute atomic E-state index is 11.8. The molecule has 0 amide bonds. The predicted molar refractivity (Wildman–Crippen MR) is 120 cm³/mol. The monoisotopic (exact) mass is 441 g/mol. The van der Waals surface area contributed by atoms with Crippen molar-refractivity contribution in [2.24, 2.45) is 0 Å². The first-order chi connectivity index (χ1) is 14.7. The summed E-state index contributed by atoms with van der Waals surface area (Å²) in [7, 11) is -3.24. The van der Waals surface area contributed by atoms with E-state index in [1.807, 2.05) is 35.9 Å². The molecule has 31 heavy (non-hydrogen) atoms. The molecule has 3 heterocycles. The maximum Gasteiger partial charge on any atom is 0.175 e. The average molecular weight is 442 g/mol. The minimum Gasteiger partial charge on any atom is -0.489 e. The fourth-order valence-electron chi connectivity index (χ4n) is 3.97. The second-order valence-corrected chi connectivity index (χ2v) is 10.2. The van der Waals surface area contributed by atoms with Gasteiger partial charge in [-0.2, -0.15) is 0 Å². The van der Waals surface area contributed by atoms with Gasteiger partial charge in [0.2, 0.25) is 0 Å². The number of ether oxygens (including phenoxy) is 1. The number of pyridine rings is 1. The number of nitrogens with zero attached hydrogens (tertiary/aromatic N) is 3. The third-order valence-corrected chi connectivity index (χ3v) is 7.08. The van der Waals surface area contributed by atoms with Crippen molar-refractivity contribution >= 4 is 26.5 Å². The Morgan fingerprint density at radius 1 is 1.16 bits per heavy atom. The lowest BCUT2D eigenvalue weighted by molar-refractivity contribution is -0.122. The molecule has 0 radical (unpaired) electrons. The summed E-state index contributed by atoms with van der Waals surface area (Å²) in [6.07, 6.45) is 6.68. The van der Waals surface area contributed by atoms with Crippen molar-refractivity contribution in [2.75, 3.05) is 19.3 Å². The number of rotatable bonds is 6. The van der Waals surface area contributed by atoms with E-state index in [1.54, 1.807) is 31.3 Å². The van der Waals surface area contributed by atoms with Crippen molar-refractivity contribution in [1.82, 2.24) is 14.5 Å². The van der Waals surface area contributed by atoms with Gasteiger partial charge >= 0.3 is 0 Å². The van der Waals surface area contributed by atoms with Crippen LogP contribution < -0.4 is 4.74 Å². The minimum atomic E-state index is -3.24. The number of benzene rings is 1. The van der Waals surface area contributed by atoms with Gasteiger partial charge < -0.3 is 9.30 Å². The average Bonchev–Trinajstić information content (AvgIpc) is 3.17. The summed E-state index contributed by atoms with van der Waals surface area (Å²) < 4.78 is 31.6. The molecule has 1 unspecified atom stereocenters. The van der Waals surface area contributed by atoms with Crippen molar-refractivity contribution in [3.8, 4) is 11.6 Å². The first kappa shape index (κ1) is 21.5. The van der Waals surface area contributed by atoms with E-state index in [0.717, 1.165) is 48.4 Å². The van der Waals surface area contributed by atoms with Crippen LogP contribution in [0.15, 0.2) is 53.7 Å². The van der Waals surface area contributed by atoms with Gasteiger partial charge in [-0.05, 0) is 63.1 Å². The van der Waals surface area contributed by atoms with Crippen LogP contribution in [0.3, 0.4) is 0 Å². The summed E-state index contributed by atoms with van der Waals surface area (Å²) in [4.78, 5) is 18.6. The molecule has 1 atom stereocenters. The summed E-state index contributed by atoms with van der Waals surface area (Å²) in [5, 5.41) is 0.844. The van der Waals surface area contributed by atoms with Crippen LogP contribution in [0.2, 0.25) is 0 Å². The molecule has 1 aliphatic rings. The lowest BCUT2D eigenvalue weighted by Crippen LogP contribution is -2.45. The number of likely N-dealkylation sites (tertiary alicyclic amines) is 1. The van der Waals surface area contributed by atoms with Crippen molar-refractivity contribution in [3.05, 3.63) is 48.8 Å². The number of hydrogen-bond donors (Lipinski definition) is 0. The molecule has 2 aromatic heterocycles.